The topological polar surface area (TPSA) is 143 Å². The van der Waals surface area contributed by atoms with Crippen LogP contribution in [-0.2, 0) is 9.59 Å². The van der Waals surface area contributed by atoms with Crippen LogP contribution in [0.25, 0.3) is 0 Å². The van der Waals surface area contributed by atoms with Crippen LogP contribution in [0.3, 0.4) is 0 Å². The fraction of sp³-hybridized carbons (Fsp3) is 0.167. The first-order valence-electron chi connectivity index (χ1n) is 6.16. The normalized spacial score (nSPS) is 13.2. The van der Waals surface area contributed by atoms with E-state index in [-0.39, 0.29) is 30.2 Å². The molecule has 0 fully saturated rings. The molecule has 0 radical (unpaired) electrons. The van der Waals surface area contributed by atoms with Crippen molar-refractivity contribution in [3.05, 3.63) is 40.5 Å². The van der Waals surface area contributed by atoms with Gasteiger partial charge in [0.25, 0.3) is 17.5 Å². The number of hydrogen-bond acceptors (Lipinski definition) is 7. The van der Waals surface area contributed by atoms with Crippen molar-refractivity contribution in [3.63, 3.8) is 0 Å². The van der Waals surface area contributed by atoms with E-state index in [1.165, 1.54) is 30.4 Å². The van der Waals surface area contributed by atoms with Gasteiger partial charge >= 0.3 is 0 Å². The third-order valence-electron chi connectivity index (χ3n) is 2.89. The molecule has 2 N–H and O–H groups in total. The van der Waals surface area contributed by atoms with E-state index >= 15 is 0 Å². The molecule has 1 aromatic carbocycles. The van der Waals surface area contributed by atoms with E-state index in [2.05, 4.69) is 15.3 Å². The van der Waals surface area contributed by atoms with E-state index in [9.17, 15) is 19.7 Å². The monoisotopic (exact) mass is 303 g/mol. The van der Waals surface area contributed by atoms with Crippen molar-refractivity contribution >= 4 is 28.9 Å². The molecule has 0 saturated heterocycles. The van der Waals surface area contributed by atoms with Gasteiger partial charge in [-0.25, -0.2) is 0 Å². The summed E-state index contributed by atoms with van der Waals surface area (Å²) in [6.45, 7) is 0.259. The fourth-order valence-corrected chi connectivity index (χ4v) is 1.89. The molecule has 2 amide bonds. The lowest BCUT2D eigenvalue weighted by Gasteiger charge is -2.14. The summed E-state index contributed by atoms with van der Waals surface area (Å²) in [6.07, 6.45) is 2.34. The zero-order valence-corrected chi connectivity index (χ0v) is 11.2. The van der Waals surface area contributed by atoms with Gasteiger partial charge in [0.05, 0.1) is 11.0 Å². The molecule has 1 aliphatic rings. The lowest BCUT2D eigenvalue weighted by molar-refractivity contribution is -0.383. The Hall–Kier alpha value is -3.39. The number of carbonyl (C=O) groups is 2. The second-order valence-electron chi connectivity index (χ2n) is 4.25. The number of benzene rings is 1. The third-order valence-corrected chi connectivity index (χ3v) is 2.89. The first kappa shape index (κ1) is 15.0. The molecule has 0 aliphatic carbocycles. The molecule has 2 rings (SSSR count). The molecule has 0 saturated carbocycles. The van der Waals surface area contributed by atoms with Crippen molar-refractivity contribution < 1.29 is 14.5 Å². The Bertz CT molecular complexity index is 704. The van der Waals surface area contributed by atoms with Crippen molar-refractivity contribution in [2.24, 2.45) is 5.11 Å². The standard InChI is InChI=1S/C12H10N6O4/c13-16-15-8-1-2-9(10(7-8)18(21)22)14-5-6-17-11(19)3-4-12(17)20/h1-4,7,13H,5-6H2/p+1. The second-order valence-corrected chi connectivity index (χ2v) is 4.25. The number of nitrogens with zero attached hydrogens (tertiary/aromatic N) is 4. The van der Waals surface area contributed by atoms with Crippen LogP contribution in [0.2, 0.25) is 0 Å². The summed E-state index contributed by atoms with van der Waals surface area (Å²) in [5.74, 6) is -0.819. The van der Waals surface area contributed by atoms with E-state index in [1.54, 1.807) is 0 Å². The molecule has 1 aliphatic heterocycles. The quantitative estimate of drug-likeness (QED) is 0.266. The number of nitrogens with one attached hydrogen (secondary N) is 2. The van der Waals surface area contributed by atoms with Crippen molar-refractivity contribution in [2.45, 2.75) is 0 Å². The van der Waals surface area contributed by atoms with Gasteiger partial charge < -0.3 is 5.32 Å². The summed E-state index contributed by atoms with van der Waals surface area (Å²) >= 11 is 0. The Morgan fingerprint density at radius 1 is 1.32 bits per heavy atom. The minimum Gasteiger partial charge on any atom is -0.378 e. The number of nitro benzene ring substituents is 1. The first-order chi connectivity index (χ1) is 10.5. The summed E-state index contributed by atoms with van der Waals surface area (Å²) in [6, 6.07) is 4.06. The molecular formula is C12H11N6O4+. The van der Waals surface area contributed by atoms with Crippen LogP contribution in [0.15, 0.2) is 35.5 Å². The maximum Gasteiger partial charge on any atom is 0.294 e. The Kier molecular flexibility index (Phi) is 4.35. The van der Waals surface area contributed by atoms with Gasteiger partial charge in [-0.15, -0.1) is 0 Å². The van der Waals surface area contributed by atoms with E-state index in [1.807, 2.05) is 0 Å². The van der Waals surface area contributed by atoms with Crippen molar-refractivity contribution in [1.82, 2.24) is 9.81 Å². The Balaban J connectivity index is 2.06. The summed E-state index contributed by atoms with van der Waals surface area (Å²) in [4.78, 5) is 37.0. The molecule has 0 atom stereocenters. The van der Waals surface area contributed by atoms with Gasteiger partial charge in [-0.05, 0) is 12.1 Å². The predicted molar refractivity (Wildman–Crippen MR) is 74.4 cm³/mol. The largest absolute Gasteiger partial charge is 0.378 e. The zero-order chi connectivity index (χ0) is 16.1. The average Bonchev–Trinajstić information content (AvgIpc) is 2.80. The summed E-state index contributed by atoms with van der Waals surface area (Å²) in [7, 11) is 0. The van der Waals surface area contributed by atoms with Gasteiger partial charge in [-0.3, -0.25) is 24.6 Å². The van der Waals surface area contributed by atoms with Crippen LogP contribution in [0.1, 0.15) is 0 Å². The third kappa shape index (κ3) is 3.19. The highest BCUT2D eigenvalue weighted by Crippen LogP contribution is 2.28. The lowest BCUT2D eigenvalue weighted by atomic mass is 10.2. The molecule has 1 aromatic rings. The summed E-state index contributed by atoms with van der Waals surface area (Å²) in [5, 5.41) is 17.2. The predicted octanol–water partition coefficient (Wildman–Crippen LogP) is 1.11. The van der Waals surface area contributed by atoms with E-state index in [0.717, 1.165) is 4.90 Å². The number of hydrogen-bond donors (Lipinski definition) is 2. The molecule has 0 bridgehead atoms. The van der Waals surface area contributed by atoms with E-state index in [0.29, 0.717) is 0 Å². The highest BCUT2D eigenvalue weighted by Gasteiger charge is 2.23. The number of anilines is 1. The van der Waals surface area contributed by atoms with Gasteiger partial charge in [0.15, 0.2) is 10.8 Å². The van der Waals surface area contributed by atoms with Gasteiger partial charge in [-0.1, -0.05) is 0 Å². The maximum absolute atomic E-state index is 11.4. The first-order valence-corrected chi connectivity index (χ1v) is 6.16. The Labute approximate surface area is 123 Å². The molecule has 22 heavy (non-hydrogen) atoms. The number of imide groups is 1. The molecule has 1 heterocycles. The minimum absolute atomic E-state index is 0.0933. The summed E-state index contributed by atoms with van der Waals surface area (Å²) < 4.78 is 0. The molecular weight excluding hydrogens is 292 g/mol. The van der Waals surface area contributed by atoms with Crippen molar-refractivity contribution in [2.75, 3.05) is 18.4 Å². The second kappa shape index (κ2) is 6.37. The number of nitro groups is 1. The maximum atomic E-state index is 11.4. The summed E-state index contributed by atoms with van der Waals surface area (Å²) in [5.41, 5.74) is 6.78. The van der Waals surface area contributed by atoms with Crippen molar-refractivity contribution in [1.29, 1.82) is 5.53 Å². The number of carbonyl (C=O) groups excluding carboxylic acids is 2. The minimum atomic E-state index is -0.598. The number of amides is 2. The SMILES string of the molecule is N=[N+]=Nc1ccc(NCCN2C(=O)C=CC2=O)c([N+](=O)[O-])c1. The number of rotatable bonds is 6. The van der Waals surface area contributed by atoms with Crippen LogP contribution < -0.4 is 10.2 Å². The van der Waals surface area contributed by atoms with E-state index in [4.69, 9.17) is 5.53 Å². The van der Waals surface area contributed by atoms with Crippen LogP contribution in [0, 0.1) is 15.6 Å². The Morgan fingerprint density at radius 2 is 2.00 bits per heavy atom. The van der Waals surface area contributed by atoms with Crippen LogP contribution in [-0.4, -0.2) is 34.7 Å². The lowest BCUT2D eigenvalue weighted by Crippen LogP contribution is -2.34. The van der Waals surface area contributed by atoms with Crippen LogP contribution in [0.5, 0.6) is 0 Å². The molecule has 112 valence electrons. The highest BCUT2D eigenvalue weighted by atomic mass is 16.6. The fourth-order valence-electron chi connectivity index (χ4n) is 1.89. The van der Waals surface area contributed by atoms with Crippen LogP contribution in [0.4, 0.5) is 17.1 Å². The highest BCUT2D eigenvalue weighted by molar-refractivity contribution is 6.12. The van der Waals surface area contributed by atoms with Gasteiger partial charge in [0.2, 0.25) is 4.91 Å². The van der Waals surface area contributed by atoms with Gasteiger partial charge in [0.1, 0.15) is 11.2 Å². The smallest absolute Gasteiger partial charge is 0.294 e. The zero-order valence-electron chi connectivity index (χ0n) is 11.2. The van der Waals surface area contributed by atoms with Crippen LogP contribution >= 0.6 is 0 Å². The molecule has 10 heteroatoms. The van der Waals surface area contributed by atoms with Crippen molar-refractivity contribution in [3.8, 4) is 0 Å². The molecule has 0 aromatic heterocycles. The molecule has 0 spiro atoms. The molecule has 10 nitrogen and oxygen atoms in total. The molecule has 0 unspecified atom stereocenters. The van der Waals surface area contributed by atoms with Gasteiger partial charge in [0, 0.05) is 25.2 Å². The van der Waals surface area contributed by atoms with E-state index < -0.39 is 16.7 Å². The van der Waals surface area contributed by atoms with Gasteiger partial charge in [-0.2, -0.15) is 0 Å². The Morgan fingerprint density at radius 3 is 2.59 bits per heavy atom. The average molecular weight is 303 g/mol.